The number of hydrogen-bond acceptors (Lipinski definition) is 7. The van der Waals surface area contributed by atoms with Gasteiger partial charge in [0.1, 0.15) is 12.2 Å². The van der Waals surface area contributed by atoms with Crippen molar-refractivity contribution in [1.82, 2.24) is 15.8 Å². The normalized spacial score (nSPS) is 13.7. The third-order valence-corrected chi connectivity index (χ3v) is 6.18. The number of alkyl halides is 6. The molecule has 2 atom stereocenters. The van der Waals surface area contributed by atoms with Crippen LogP contribution in [-0.4, -0.2) is 57.6 Å². The van der Waals surface area contributed by atoms with Crippen LogP contribution in [0.15, 0.2) is 49.1 Å². The van der Waals surface area contributed by atoms with E-state index in [4.69, 9.17) is 14.6 Å². The van der Waals surface area contributed by atoms with Gasteiger partial charge < -0.3 is 19.7 Å². The van der Waals surface area contributed by atoms with Crippen LogP contribution in [0.3, 0.4) is 0 Å². The van der Waals surface area contributed by atoms with E-state index in [2.05, 4.69) is 11.6 Å². The zero-order chi connectivity index (χ0) is 33.8. The fourth-order valence-electron chi connectivity index (χ4n) is 3.98. The standard InChI is InChI=1S/C28H32F6N4O7/c1-3-14-44-23-19(27(29,30)31)15-20(35-25(42)43)21(36-23)22(40)37-38-24(41)26(28(32,33)34,13-9-5-6-10-17(2)39)45-16-18-11-7-4-8-12-18/h3-4,7-8,11-12,15,17,35,39H,1,5-6,9-10,13-14,16H2,2H3,(H,37,40)(H,38,41)(H,42,43)/t17-,26+/m0/s1. The molecule has 17 heteroatoms. The number of halogens is 6. The molecule has 0 fully saturated rings. The lowest BCUT2D eigenvalue weighted by molar-refractivity contribution is -0.273. The first-order valence-corrected chi connectivity index (χ1v) is 13.4. The van der Waals surface area contributed by atoms with E-state index in [1.807, 2.05) is 0 Å². The molecule has 0 spiro atoms. The van der Waals surface area contributed by atoms with Gasteiger partial charge in [-0.2, -0.15) is 26.3 Å². The van der Waals surface area contributed by atoms with Crippen molar-refractivity contribution in [2.75, 3.05) is 11.9 Å². The van der Waals surface area contributed by atoms with Crippen molar-refractivity contribution in [3.8, 4) is 5.88 Å². The molecule has 0 aliphatic carbocycles. The quantitative estimate of drug-likeness (QED) is 0.0746. The van der Waals surface area contributed by atoms with Crippen LogP contribution in [0.5, 0.6) is 5.88 Å². The van der Waals surface area contributed by atoms with Crippen LogP contribution in [0.4, 0.5) is 36.8 Å². The van der Waals surface area contributed by atoms with Crippen molar-refractivity contribution in [3.05, 3.63) is 65.9 Å². The van der Waals surface area contributed by atoms with Gasteiger partial charge >= 0.3 is 18.4 Å². The van der Waals surface area contributed by atoms with Crippen molar-refractivity contribution >= 4 is 23.6 Å². The lowest BCUT2D eigenvalue weighted by atomic mass is 9.93. The van der Waals surface area contributed by atoms with E-state index in [1.165, 1.54) is 31.2 Å². The largest absolute Gasteiger partial charge is 0.473 e. The maximum Gasteiger partial charge on any atom is 0.426 e. The van der Waals surface area contributed by atoms with Crippen LogP contribution in [0, 0.1) is 0 Å². The molecular weight excluding hydrogens is 618 g/mol. The number of carbonyl (C=O) groups excluding carboxylic acids is 2. The number of aliphatic hydroxyl groups excluding tert-OH is 1. The molecule has 0 saturated carbocycles. The van der Waals surface area contributed by atoms with E-state index in [9.17, 15) is 45.8 Å². The number of benzene rings is 1. The van der Waals surface area contributed by atoms with Gasteiger partial charge in [-0.25, -0.2) is 9.78 Å². The van der Waals surface area contributed by atoms with E-state index in [0.29, 0.717) is 18.4 Å². The molecule has 1 heterocycles. The van der Waals surface area contributed by atoms with Crippen molar-refractivity contribution < 1.29 is 60.4 Å². The average molecular weight is 651 g/mol. The van der Waals surface area contributed by atoms with Crippen molar-refractivity contribution in [2.45, 2.75) is 69.7 Å². The number of rotatable bonds is 15. The Hall–Kier alpha value is -4.38. The van der Waals surface area contributed by atoms with Gasteiger partial charge in [0.05, 0.1) is 18.4 Å². The number of hydrazine groups is 1. The number of carbonyl (C=O) groups is 3. The summed E-state index contributed by atoms with van der Waals surface area (Å²) in [5.74, 6) is -4.61. The SMILES string of the molecule is C=CCOc1nc(C(=O)NNC(=O)[C@@](CCCCC[C@H](C)O)(OCc2ccccc2)C(F)(F)F)c(NC(=O)O)cc1C(F)(F)F. The van der Waals surface area contributed by atoms with E-state index >= 15 is 0 Å². The number of anilines is 1. The third kappa shape index (κ3) is 10.6. The predicted octanol–water partition coefficient (Wildman–Crippen LogP) is 5.37. The van der Waals surface area contributed by atoms with E-state index in [-0.39, 0.29) is 18.9 Å². The Morgan fingerprint density at radius 1 is 1.04 bits per heavy atom. The molecule has 1 aromatic carbocycles. The molecule has 248 valence electrons. The van der Waals surface area contributed by atoms with Crippen LogP contribution < -0.4 is 20.9 Å². The van der Waals surface area contributed by atoms with Gasteiger partial charge in [-0.3, -0.25) is 25.8 Å². The number of carboxylic acid groups (broad SMARTS) is 1. The minimum absolute atomic E-state index is 0.181. The molecule has 2 rings (SSSR count). The van der Waals surface area contributed by atoms with Crippen LogP contribution >= 0.6 is 0 Å². The molecule has 1 aromatic heterocycles. The topological polar surface area (TPSA) is 159 Å². The Kier molecular flexibility index (Phi) is 13.2. The number of unbranched alkanes of at least 4 members (excludes halogenated alkanes) is 2. The minimum atomic E-state index is -5.32. The van der Waals surface area contributed by atoms with Crippen LogP contribution in [-0.2, 0) is 22.3 Å². The van der Waals surface area contributed by atoms with Gasteiger partial charge in [0.2, 0.25) is 11.5 Å². The number of hydrogen-bond donors (Lipinski definition) is 5. The van der Waals surface area contributed by atoms with Crippen LogP contribution in [0.2, 0.25) is 0 Å². The molecule has 0 unspecified atom stereocenters. The Bertz CT molecular complexity index is 1320. The first-order chi connectivity index (χ1) is 21.0. The van der Waals surface area contributed by atoms with Gasteiger partial charge in [-0.15, -0.1) is 0 Å². The highest BCUT2D eigenvalue weighted by molar-refractivity contribution is 6.02. The highest BCUT2D eigenvalue weighted by atomic mass is 19.4. The minimum Gasteiger partial charge on any atom is -0.473 e. The first-order valence-electron chi connectivity index (χ1n) is 13.4. The molecule has 0 radical (unpaired) electrons. The summed E-state index contributed by atoms with van der Waals surface area (Å²) in [5.41, 5.74) is -3.62. The molecule has 2 aromatic rings. The highest BCUT2D eigenvalue weighted by Gasteiger charge is 2.61. The lowest BCUT2D eigenvalue weighted by Gasteiger charge is -2.34. The monoisotopic (exact) mass is 650 g/mol. The second-order valence-electron chi connectivity index (χ2n) is 9.72. The molecule has 0 aliphatic rings. The molecule has 5 N–H and O–H groups in total. The lowest BCUT2D eigenvalue weighted by Crippen LogP contribution is -2.61. The Morgan fingerprint density at radius 2 is 1.71 bits per heavy atom. The molecular formula is C28H32F6N4O7. The number of ether oxygens (including phenoxy) is 2. The molecule has 0 aliphatic heterocycles. The van der Waals surface area contributed by atoms with E-state index in [1.54, 1.807) is 22.2 Å². The number of aliphatic hydroxyl groups is 1. The van der Waals surface area contributed by atoms with Gasteiger partial charge in [0.25, 0.3) is 11.8 Å². The summed E-state index contributed by atoms with van der Waals surface area (Å²) in [6.07, 6.45) is -12.2. The summed E-state index contributed by atoms with van der Waals surface area (Å²) in [7, 11) is 0. The van der Waals surface area contributed by atoms with Crippen molar-refractivity contribution in [3.63, 3.8) is 0 Å². The predicted molar refractivity (Wildman–Crippen MR) is 147 cm³/mol. The van der Waals surface area contributed by atoms with Crippen LogP contribution in [0.1, 0.15) is 60.6 Å². The second-order valence-corrected chi connectivity index (χ2v) is 9.72. The van der Waals surface area contributed by atoms with Gasteiger partial charge in [0, 0.05) is 0 Å². The van der Waals surface area contributed by atoms with Crippen LogP contribution in [0.25, 0.3) is 0 Å². The average Bonchev–Trinajstić information content (AvgIpc) is 2.95. The Labute approximate surface area is 253 Å². The zero-order valence-electron chi connectivity index (χ0n) is 23.9. The third-order valence-electron chi connectivity index (χ3n) is 6.18. The van der Waals surface area contributed by atoms with Crippen molar-refractivity contribution in [1.29, 1.82) is 0 Å². The smallest absolute Gasteiger partial charge is 0.426 e. The molecule has 0 saturated heterocycles. The van der Waals surface area contributed by atoms with E-state index < -0.39 is 84.4 Å². The fraction of sp³-hybridized carbons (Fsp3) is 0.429. The van der Waals surface area contributed by atoms with Crippen molar-refractivity contribution in [2.24, 2.45) is 0 Å². The maximum atomic E-state index is 14.6. The number of amides is 3. The van der Waals surface area contributed by atoms with Gasteiger partial charge in [0.15, 0.2) is 5.69 Å². The zero-order valence-corrected chi connectivity index (χ0v) is 23.9. The number of nitrogens with one attached hydrogen (secondary N) is 3. The summed E-state index contributed by atoms with van der Waals surface area (Å²) in [4.78, 5) is 40.8. The Balaban J connectivity index is 2.42. The van der Waals surface area contributed by atoms with E-state index in [0.717, 1.165) is 6.08 Å². The summed E-state index contributed by atoms with van der Waals surface area (Å²) in [5, 5.41) is 20.1. The number of nitrogens with zero attached hydrogens (tertiary/aromatic N) is 1. The molecule has 0 bridgehead atoms. The summed E-state index contributed by atoms with van der Waals surface area (Å²) in [6.45, 7) is 3.62. The molecule has 45 heavy (non-hydrogen) atoms. The highest BCUT2D eigenvalue weighted by Crippen LogP contribution is 2.40. The number of pyridine rings is 1. The van der Waals surface area contributed by atoms with Gasteiger partial charge in [-0.05, 0) is 37.8 Å². The summed E-state index contributed by atoms with van der Waals surface area (Å²) >= 11 is 0. The fourth-order valence-corrected chi connectivity index (χ4v) is 3.98. The summed E-state index contributed by atoms with van der Waals surface area (Å²) in [6, 6.07) is 7.81. The molecule has 3 amide bonds. The van der Waals surface area contributed by atoms with Gasteiger partial charge in [-0.1, -0.05) is 55.8 Å². The second kappa shape index (κ2) is 16.1. The maximum absolute atomic E-state index is 14.6. The number of aromatic nitrogens is 1. The Morgan fingerprint density at radius 3 is 2.27 bits per heavy atom. The summed E-state index contributed by atoms with van der Waals surface area (Å²) < 4.78 is 94.6. The first kappa shape index (κ1) is 36.8. The molecule has 11 nitrogen and oxygen atoms in total.